The molecule has 2 aromatic carbocycles. The highest BCUT2D eigenvalue weighted by Crippen LogP contribution is 2.39. The van der Waals surface area contributed by atoms with Gasteiger partial charge in [-0.25, -0.2) is 0 Å². The number of aryl methyl sites for hydroxylation is 1. The number of carbonyl (C=O) groups excluding carboxylic acids is 1. The number of nitro benzene ring substituents is 1. The van der Waals surface area contributed by atoms with Gasteiger partial charge in [0.05, 0.1) is 4.92 Å². The first-order valence-electron chi connectivity index (χ1n) is 9.75. The molecule has 2 heterocycles. The van der Waals surface area contributed by atoms with Gasteiger partial charge in [-0.2, -0.15) is 0 Å². The maximum Gasteiger partial charge on any atom is 0.292 e. The molecule has 2 aliphatic rings. The van der Waals surface area contributed by atoms with Gasteiger partial charge in [-0.05, 0) is 36.6 Å². The molecule has 4 rings (SSSR count). The van der Waals surface area contributed by atoms with Crippen LogP contribution in [-0.2, 0) is 12.8 Å². The second-order valence-corrected chi connectivity index (χ2v) is 7.22. The maximum atomic E-state index is 12.8. The van der Waals surface area contributed by atoms with E-state index in [1.807, 2.05) is 29.2 Å². The smallest absolute Gasteiger partial charge is 0.292 e. The van der Waals surface area contributed by atoms with Crippen LogP contribution in [0.4, 0.5) is 17.1 Å². The van der Waals surface area contributed by atoms with Crippen LogP contribution in [-0.4, -0.2) is 48.5 Å². The predicted octanol–water partition coefficient (Wildman–Crippen LogP) is 3.09. The van der Waals surface area contributed by atoms with Crippen LogP contribution in [0.25, 0.3) is 0 Å². The van der Waals surface area contributed by atoms with Crippen LogP contribution < -0.4 is 10.2 Å². The van der Waals surface area contributed by atoms with E-state index in [0.717, 1.165) is 30.6 Å². The summed E-state index contributed by atoms with van der Waals surface area (Å²) >= 11 is 0. The third-order valence-electron chi connectivity index (χ3n) is 5.64. The van der Waals surface area contributed by atoms with E-state index in [2.05, 4.69) is 17.1 Å². The van der Waals surface area contributed by atoms with Crippen LogP contribution in [0, 0.1) is 10.1 Å². The summed E-state index contributed by atoms with van der Waals surface area (Å²) < 4.78 is 0. The topological polar surface area (TPSA) is 78.7 Å². The number of carbonyl (C=O) groups is 1. The average molecular weight is 380 g/mol. The quantitative estimate of drug-likeness (QED) is 0.651. The van der Waals surface area contributed by atoms with Gasteiger partial charge in [-0.1, -0.05) is 19.1 Å². The van der Waals surface area contributed by atoms with Gasteiger partial charge >= 0.3 is 0 Å². The lowest BCUT2D eigenvalue weighted by molar-refractivity contribution is -0.384. The molecule has 0 saturated carbocycles. The normalized spacial score (nSPS) is 15.9. The highest BCUT2D eigenvalue weighted by Gasteiger charge is 2.31. The molecule has 2 aliphatic heterocycles. The summed E-state index contributed by atoms with van der Waals surface area (Å²) in [4.78, 5) is 28.0. The molecule has 0 aliphatic carbocycles. The van der Waals surface area contributed by atoms with Crippen LogP contribution in [0.2, 0.25) is 0 Å². The molecule has 1 saturated heterocycles. The Morgan fingerprint density at radius 1 is 1.11 bits per heavy atom. The summed E-state index contributed by atoms with van der Waals surface area (Å²) in [5.41, 5.74) is 4.77. The number of nitrogens with one attached hydrogen (secondary N) is 1. The second kappa shape index (κ2) is 7.50. The van der Waals surface area contributed by atoms with Gasteiger partial charge in [0, 0.05) is 55.6 Å². The molecule has 1 fully saturated rings. The molecule has 0 unspecified atom stereocenters. The van der Waals surface area contributed by atoms with E-state index in [1.165, 1.54) is 5.56 Å². The lowest BCUT2D eigenvalue weighted by atomic mass is 10.1. The fourth-order valence-corrected chi connectivity index (χ4v) is 4.06. The van der Waals surface area contributed by atoms with Crippen molar-refractivity contribution in [1.82, 2.24) is 4.90 Å². The van der Waals surface area contributed by atoms with E-state index in [1.54, 1.807) is 12.1 Å². The van der Waals surface area contributed by atoms with Crippen molar-refractivity contribution >= 4 is 23.0 Å². The fraction of sp³-hybridized carbons (Fsp3) is 0.381. The Hall–Kier alpha value is -3.09. The Labute approximate surface area is 164 Å². The van der Waals surface area contributed by atoms with Crippen LogP contribution in [0.1, 0.15) is 28.4 Å². The third-order valence-corrected chi connectivity index (χ3v) is 5.64. The molecule has 0 spiro atoms. The fourth-order valence-electron chi connectivity index (χ4n) is 4.06. The van der Waals surface area contributed by atoms with E-state index in [4.69, 9.17) is 0 Å². The first-order chi connectivity index (χ1) is 13.6. The lowest BCUT2D eigenvalue weighted by Gasteiger charge is -2.36. The number of nitrogens with zero attached hydrogens (tertiary/aromatic N) is 3. The van der Waals surface area contributed by atoms with Crippen molar-refractivity contribution in [2.24, 2.45) is 0 Å². The van der Waals surface area contributed by atoms with Gasteiger partial charge in [-0.15, -0.1) is 0 Å². The van der Waals surface area contributed by atoms with Crippen molar-refractivity contribution in [3.8, 4) is 0 Å². The predicted molar refractivity (Wildman–Crippen MR) is 109 cm³/mol. The van der Waals surface area contributed by atoms with Gasteiger partial charge < -0.3 is 15.1 Å². The number of amides is 1. The molecule has 2 aromatic rings. The van der Waals surface area contributed by atoms with Crippen LogP contribution in [0.15, 0.2) is 36.4 Å². The molecular weight excluding hydrogens is 356 g/mol. The van der Waals surface area contributed by atoms with E-state index in [9.17, 15) is 14.9 Å². The summed E-state index contributed by atoms with van der Waals surface area (Å²) in [5.74, 6) is 0.0248. The van der Waals surface area contributed by atoms with Crippen molar-refractivity contribution in [1.29, 1.82) is 0 Å². The van der Waals surface area contributed by atoms with Crippen molar-refractivity contribution in [2.75, 3.05) is 42.9 Å². The summed E-state index contributed by atoms with van der Waals surface area (Å²) in [6, 6.07) is 11.1. The molecule has 1 amide bonds. The first kappa shape index (κ1) is 18.3. The standard InChI is InChI=1S/C21H24N4O3/c1-2-15-3-5-16(6-4-15)21(26)24-13-11-23(12-14-24)20-17-9-10-22-18(17)7-8-19(20)25(27)28/h3-8,22H,2,9-14H2,1H3. The maximum absolute atomic E-state index is 12.8. The Morgan fingerprint density at radius 3 is 2.46 bits per heavy atom. The Kier molecular flexibility index (Phi) is 4.90. The number of fused-ring (bicyclic) bond motifs is 1. The minimum atomic E-state index is -0.305. The minimum Gasteiger partial charge on any atom is -0.384 e. The highest BCUT2D eigenvalue weighted by molar-refractivity contribution is 5.94. The molecule has 0 aromatic heterocycles. The molecule has 0 radical (unpaired) electrons. The Morgan fingerprint density at radius 2 is 1.82 bits per heavy atom. The third kappa shape index (κ3) is 3.28. The van der Waals surface area contributed by atoms with Crippen molar-refractivity contribution in [2.45, 2.75) is 19.8 Å². The summed E-state index contributed by atoms with van der Waals surface area (Å²) in [6.45, 7) is 5.19. The summed E-state index contributed by atoms with van der Waals surface area (Å²) in [5, 5.41) is 14.9. The molecular formula is C21H24N4O3. The van der Waals surface area contributed by atoms with Crippen LogP contribution in [0.5, 0.6) is 0 Å². The monoisotopic (exact) mass is 380 g/mol. The van der Waals surface area contributed by atoms with Gasteiger partial charge in [-0.3, -0.25) is 14.9 Å². The van der Waals surface area contributed by atoms with E-state index >= 15 is 0 Å². The number of rotatable bonds is 4. The molecule has 7 heteroatoms. The average Bonchev–Trinajstić information content (AvgIpc) is 3.21. The lowest BCUT2D eigenvalue weighted by Crippen LogP contribution is -2.49. The number of hydrogen-bond acceptors (Lipinski definition) is 5. The highest BCUT2D eigenvalue weighted by atomic mass is 16.6. The van der Waals surface area contributed by atoms with E-state index in [-0.39, 0.29) is 16.5 Å². The van der Waals surface area contributed by atoms with Gasteiger partial charge in [0.15, 0.2) is 0 Å². The zero-order valence-electron chi connectivity index (χ0n) is 16.0. The van der Waals surface area contributed by atoms with Crippen molar-refractivity contribution in [3.63, 3.8) is 0 Å². The molecule has 1 N–H and O–H groups in total. The van der Waals surface area contributed by atoms with Crippen molar-refractivity contribution in [3.05, 3.63) is 63.2 Å². The Balaban J connectivity index is 1.51. The van der Waals surface area contributed by atoms with Gasteiger partial charge in [0.2, 0.25) is 0 Å². The number of piperazine rings is 1. The van der Waals surface area contributed by atoms with Crippen LogP contribution in [0.3, 0.4) is 0 Å². The minimum absolute atomic E-state index is 0.0248. The number of hydrogen-bond donors (Lipinski definition) is 1. The van der Waals surface area contributed by atoms with E-state index < -0.39 is 0 Å². The summed E-state index contributed by atoms with van der Waals surface area (Å²) in [7, 11) is 0. The number of anilines is 2. The van der Waals surface area contributed by atoms with E-state index in [0.29, 0.717) is 37.4 Å². The van der Waals surface area contributed by atoms with Gasteiger partial charge in [0.1, 0.15) is 5.69 Å². The van der Waals surface area contributed by atoms with Gasteiger partial charge in [0.25, 0.3) is 11.6 Å². The second-order valence-electron chi connectivity index (χ2n) is 7.22. The number of nitro groups is 1. The zero-order chi connectivity index (χ0) is 19.7. The number of benzene rings is 2. The molecule has 28 heavy (non-hydrogen) atoms. The molecule has 0 bridgehead atoms. The first-order valence-corrected chi connectivity index (χ1v) is 9.75. The molecule has 0 atom stereocenters. The molecule has 146 valence electrons. The summed E-state index contributed by atoms with van der Waals surface area (Å²) in [6.07, 6.45) is 1.73. The SMILES string of the molecule is CCc1ccc(C(=O)N2CCN(c3c([N+](=O)[O-])ccc4c3CCN4)CC2)cc1. The van der Waals surface area contributed by atoms with Crippen molar-refractivity contribution < 1.29 is 9.72 Å². The largest absolute Gasteiger partial charge is 0.384 e. The molecule has 7 nitrogen and oxygen atoms in total. The van der Waals surface area contributed by atoms with Crippen LogP contribution >= 0.6 is 0 Å². The zero-order valence-corrected chi connectivity index (χ0v) is 16.0. The Bertz CT molecular complexity index is 903.